The summed E-state index contributed by atoms with van der Waals surface area (Å²) in [6, 6.07) is 7.72. The first-order valence-corrected chi connectivity index (χ1v) is 9.06. The molecule has 3 atom stereocenters. The molecule has 24 heavy (non-hydrogen) atoms. The van der Waals surface area contributed by atoms with Crippen molar-refractivity contribution in [2.45, 2.75) is 58.7 Å². The Bertz CT molecular complexity index is 558. The van der Waals surface area contributed by atoms with E-state index in [0.717, 1.165) is 24.0 Å². The lowest BCUT2D eigenvalue weighted by Gasteiger charge is -2.43. The van der Waals surface area contributed by atoms with E-state index in [1.807, 2.05) is 24.3 Å². The van der Waals surface area contributed by atoms with Crippen molar-refractivity contribution in [2.24, 2.45) is 17.8 Å². The van der Waals surface area contributed by atoms with Crippen LogP contribution in [0.2, 0.25) is 0 Å². The Balaban J connectivity index is 1.96. The first kappa shape index (κ1) is 18.9. The smallest absolute Gasteiger partial charge is 0.252 e. The number of hydrogen-bond acceptors (Lipinski definition) is 3. The molecule has 0 aliphatic heterocycles. The lowest BCUT2D eigenvalue weighted by molar-refractivity contribution is -0.155. The maximum absolute atomic E-state index is 12.7. The zero-order chi connectivity index (χ0) is 17.7. The molecule has 1 saturated carbocycles. The lowest BCUT2D eigenvalue weighted by Crippen LogP contribution is -2.56. The van der Waals surface area contributed by atoms with Gasteiger partial charge >= 0.3 is 0 Å². The van der Waals surface area contributed by atoms with Crippen molar-refractivity contribution in [1.82, 2.24) is 5.32 Å². The molecule has 0 aromatic heterocycles. The molecule has 1 aliphatic rings. The highest BCUT2D eigenvalue weighted by molar-refractivity contribution is 5.85. The van der Waals surface area contributed by atoms with Crippen LogP contribution in [0.15, 0.2) is 24.3 Å². The van der Waals surface area contributed by atoms with Crippen LogP contribution in [0.3, 0.4) is 0 Å². The highest BCUT2D eigenvalue weighted by Crippen LogP contribution is 2.41. The van der Waals surface area contributed by atoms with Crippen LogP contribution in [0, 0.1) is 17.8 Å². The van der Waals surface area contributed by atoms with Crippen LogP contribution in [-0.2, 0) is 17.8 Å². The van der Waals surface area contributed by atoms with E-state index < -0.39 is 5.60 Å². The molecule has 1 aliphatic carbocycles. The summed E-state index contributed by atoms with van der Waals surface area (Å²) in [5.74, 6) is 0.448. The number of carbonyl (C=O) groups excluding carboxylic acids is 1. The summed E-state index contributed by atoms with van der Waals surface area (Å²) in [5.41, 5.74) is 0.698. The normalized spacial score (nSPS) is 27.2. The molecule has 3 N–H and O–H groups in total. The molecular formula is C20H31NO3. The summed E-state index contributed by atoms with van der Waals surface area (Å²) < 4.78 is 0. The van der Waals surface area contributed by atoms with Gasteiger partial charge in [-0.15, -0.1) is 0 Å². The fourth-order valence-electron chi connectivity index (χ4n) is 3.99. The van der Waals surface area contributed by atoms with Crippen molar-refractivity contribution >= 4 is 5.91 Å². The van der Waals surface area contributed by atoms with Gasteiger partial charge in [0.1, 0.15) is 5.60 Å². The summed E-state index contributed by atoms with van der Waals surface area (Å²) in [7, 11) is 0. The van der Waals surface area contributed by atoms with Crippen molar-refractivity contribution in [3.8, 4) is 0 Å². The third-order valence-electron chi connectivity index (χ3n) is 5.31. The molecule has 1 amide bonds. The quantitative estimate of drug-likeness (QED) is 0.749. The van der Waals surface area contributed by atoms with Crippen LogP contribution in [0.25, 0.3) is 0 Å². The van der Waals surface area contributed by atoms with Crippen LogP contribution in [0.5, 0.6) is 0 Å². The molecular weight excluding hydrogens is 302 g/mol. The maximum Gasteiger partial charge on any atom is 0.252 e. The van der Waals surface area contributed by atoms with Crippen LogP contribution in [0.4, 0.5) is 0 Å². The van der Waals surface area contributed by atoms with E-state index in [-0.39, 0.29) is 24.3 Å². The number of hydrogen-bond donors (Lipinski definition) is 3. The minimum absolute atomic E-state index is 0.0198. The van der Waals surface area contributed by atoms with Crippen LogP contribution < -0.4 is 5.32 Å². The number of nitrogens with one attached hydrogen (secondary N) is 1. The van der Waals surface area contributed by atoms with E-state index in [0.29, 0.717) is 25.3 Å². The van der Waals surface area contributed by atoms with Crippen molar-refractivity contribution in [3.63, 3.8) is 0 Å². The van der Waals surface area contributed by atoms with E-state index >= 15 is 0 Å². The number of aliphatic hydroxyl groups is 2. The second-order valence-electron chi connectivity index (χ2n) is 7.65. The van der Waals surface area contributed by atoms with Crippen LogP contribution >= 0.6 is 0 Å². The minimum Gasteiger partial charge on any atom is -0.392 e. The second kappa shape index (κ2) is 8.13. The number of aliphatic hydroxyl groups excluding tert-OH is 1. The molecule has 0 saturated heterocycles. The summed E-state index contributed by atoms with van der Waals surface area (Å²) in [5, 5.41) is 23.2. The summed E-state index contributed by atoms with van der Waals surface area (Å²) >= 11 is 0. The van der Waals surface area contributed by atoms with Crippen molar-refractivity contribution in [1.29, 1.82) is 0 Å². The van der Waals surface area contributed by atoms with Gasteiger partial charge in [-0.2, -0.15) is 0 Å². The lowest BCUT2D eigenvalue weighted by atomic mass is 9.66. The largest absolute Gasteiger partial charge is 0.392 e. The SMILES string of the molecule is CC1CCC(C(C)C)C(O)(C(=O)NCCc2cccc(CO)c2)C1. The summed E-state index contributed by atoms with van der Waals surface area (Å²) in [6.45, 7) is 6.79. The molecule has 1 aromatic rings. The average molecular weight is 333 g/mol. The van der Waals surface area contributed by atoms with Crippen molar-refractivity contribution < 1.29 is 15.0 Å². The van der Waals surface area contributed by atoms with Gasteiger partial charge in [-0.25, -0.2) is 0 Å². The van der Waals surface area contributed by atoms with Crippen molar-refractivity contribution in [2.75, 3.05) is 6.54 Å². The van der Waals surface area contributed by atoms with E-state index in [1.54, 1.807) is 0 Å². The minimum atomic E-state index is -1.25. The fourth-order valence-corrected chi connectivity index (χ4v) is 3.99. The molecule has 3 unspecified atom stereocenters. The van der Waals surface area contributed by atoms with Gasteiger partial charge in [0.15, 0.2) is 0 Å². The van der Waals surface area contributed by atoms with Gasteiger partial charge in [0, 0.05) is 6.54 Å². The Morgan fingerprint density at radius 3 is 2.71 bits per heavy atom. The van der Waals surface area contributed by atoms with Gasteiger partial charge in [0.25, 0.3) is 5.91 Å². The molecule has 1 fully saturated rings. The third-order valence-corrected chi connectivity index (χ3v) is 5.31. The maximum atomic E-state index is 12.7. The highest BCUT2D eigenvalue weighted by atomic mass is 16.3. The molecule has 2 rings (SSSR count). The molecule has 4 nitrogen and oxygen atoms in total. The van der Waals surface area contributed by atoms with Gasteiger partial charge in [-0.3, -0.25) is 4.79 Å². The number of rotatable bonds is 6. The highest BCUT2D eigenvalue weighted by Gasteiger charge is 2.48. The summed E-state index contributed by atoms with van der Waals surface area (Å²) in [4.78, 5) is 12.7. The molecule has 0 heterocycles. The van der Waals surface area contributed by atoms with Crippen LogP contribution in [0.1, 0.15) is 51.2 Å². The Morgan fingerprint density at radius 1 is 1.33 bits per heavy atom. The van der Waals surface area contributed by atoms with Crippen LogP contribution in [-0.4, -0.2) is 28.3 Å². The predicted molar refractivity (Wildman–Crippen MR) is 95.4 cm³/mol. The Hall–Kier alpha value is -1.39. The molecule has 1 aromatic carbocycles. The molecule has 0 radical (unpaired) electrons. The first-order valence-electron chi connectivity index (χ1n) is 9.06. The number of benzene rings is 1. The zero-order valence-electron chi connectivity index (χ0n) is 15.1. The van der Waals surface area contributed by atoms with Gasteiger partial charge in [0.2, 0.25) is 0 Å². The van der Waals surface area contributed by atoms with Gasteiger partial charge in [-0.05, 0) is 48.1 Å². The average Bonchev–Trinajstić information content (AvgIpc) is 2.54. The number of carbonyl (C=O) groups is 1. The van der Waals surface area contributed by atoms with Gasteiger partial charge < -0.3 is 15.5 Å². The standard InChI is InChI=1S/C20H31NO3/c1-14(2)18-8-7-15(3)12-20(18,24)19(23)21-10-9-16-5-4-6-17(11-16)13-22/h4-6,11,14-15,18,22,24H,7-10,12-13H2,1-3H3,(H,21,23). The van der Waals surface area contributed by atoms with Crippen molar-refractivity contribution in [3.05, 3.63) is 35.4 Å². The Labute approximate surface area is 145 Å². The summed E-state index contributed by atoms with van der Waals surface area (Å²) in [6.07, 6.45) is 3.22. The van der Waals surface area contributed by atoms with E-state index in [4.69, 9.17) is 0 Å². The first-order chi connectivity index (χ1) is 11.4. The van der Waals surface area contributed by atoms with E-state index in [2.05, 4.69) is 26.1 Å². The monoisotopic (exact) mass is 333 g/mol. The zero-order valence-corrected chi connectivity index (χ0v) is 15.1. The molecule has 134 valence electrons. The Kier molecular flexibility index (Phi) is 6.41. The predicted octanol–water partition coefficient (Wildman–Crippen LogP) is 2.66. The van der Waals surface area contributed by atoms with Gasteiger partial charge in [0.05, 0.1) is 6.61 Å². The Morgan fingerprint density at radius 2 is 2.04 bits per heavy atom. The molecule has 0 spiro atoms. The second-order valence-corrected chi connectivity index (χ2v) is 7.65. The van der Waals surface area contributed by atoms with Gasteiger partial charge in [-0.1, -0.05) is 51.5 Å². The van der Waals surface area contributed by atoms with E-state index in [1.165, 1.54) is 0 Å². The van der Waals surface area contributed by atoms with E-state index in [9.17, 15) is 15.0 Å². The topological polar surface area (TPSA) is 69.6 Å². The fraction of sp³-hybridized carbons (Fsp3) is 0.650. The third kappa shape index (κ3) is 4.37. The molecule has 4 heteroatoms. The molecule has 0 bridgehead atoms. The number of amides is 1.